The molecule has 0 aromatic carbocycles. The first kappa shape index (κ1) is 19.2. The molecule has 1 aliphatic heterocycles. The maximum atomic E-state index is 5.86. The Kier molecular flexibility index (Phi) is 6.63. The van der Waals surface area contributed by atoms with E-state index in [1.165, 1.54) is 12.8 Å². The van der Waals surface area contributed by atoms with E-state index >= 15 is 0 Å². The van der Waals surface area contributed by atoms with Gasteiger partial charge in [-0.15, -0.1) is 10.2 Å². The van der Waals surface area contributed by atoms with E-state index in [-0.39, 0.29) is 6.10 Å². The van der Waals surface area contributed by atoms with Crippen molar-refractivity contribution in [1.82, 2.24) is 14.8 Å². The Hall–Kier alpha value is -1.14. The summed E-state index contributed by atoms with van der Waals surface area (Å²) in [7, 11) is 1.69. The number of aromatic nitrogens is 3. The predicted octanol–water partition coefficient (Wildman–Crippen LogP) is 3.28. The molecule has 1 unspecified atom stereocenters. The molecule has 0 radical (unpaired) electrons. The molecular formula is C18H34N4O2. The van der Waals surface area contributed by atoms with Gasteiger partial charge in [0, 0.05) is 26.7 Å². The summed E-state index contributed by atoms with van der Waals surface area (Å²) in [4.78, 5) is 2.38. The van der Waals surface area contributed by atoms with Crippen LogP contribution in [-0.4, -0.2) is 48.2 Å². The predicted molar refractivity (Wildman–Crippen MR) is 96.3 cm³/mol. The molecular weight excluding hydrogens is 304 g/mol. The van der Waals surface area contributed by atoms with Crippen molar-refractivity contribution < 1.29 is 9.47 Å². The first-order chi connectivity index (χ1) is 11.3. The Bertz CT molecular complexity index is 503. The van der Waals surface area contributed by atoms with Gasteiger partial charge >= 0.3 is 0 Å². The van der Waals surface area contributed by atoms with Gasteiger partial charge in [-0.05, 0) is 31.1 Å². The maximum Gasteiger partial charge on any atom is 0.227 e. The minimum Gasteiger partial charge on any atom is -0.382 e. The first-order valence-electron chi connectivity index (χ1n) is 9.12. The number of anilines is 1. The van der Waals surface area contributed by atoms with E-state index in [0.717, 1.165) is 31.4 Å². The fraction of sp³-hybridized carbons (Fsp3) is 0.889. The lowest BCUT2D eigenvalue weighted by molar-refractivity contribution is 0.0195. The Morgan fingerprint density at radius 2 is 1.75 bits per heavy atom. The number of piperidine rings is 1. The number of nitrogens with zero attached hydrogens (tertiary/aromatic N) is 4. The van der Waals surface area contributed by atoms with Crippen LogP contribution in [0.15, 0.2) is 0 Å². The van der Waals surface area contributed by atoms with Crippen LogP contribution in [0.25, 0.3) is 0 Å². The Balaban J connectivity index is 2.16. The molecule has 1 aromatic heterocycles. The normalized spacial score (nSPS) is 19.0. The minimum atomic E-state index is -0.0821. The highest BCUT2D eigenvalue weighted by Gasteiger charge is 2.29. The van der Waals surface area contributed by atoms with Crippen molar-refractivity contribution in [2.75, 3.05) is 38.3 Å². The topological polar surface area (TPSA) is 52.4 Å². The molecule has 24 heavy (non-hydrogen) atoms. The smallest absolute Gasteiger partial charge is 0.227 e. The van der Waals surface area contributed by atoms with Gasteiger partial charge in [-0.25, -0.2) is 0 Å². The molecule has 2 rings (SSSR count). The van der Waals surface area contributed by atoms with Crippen LogP contribution >= 0.6 is 0 Å². The fourth-order valence-corrected chi connectivity index (χ4v) is 3.08. The van der Waals surface area contributed by atoms with Crippen LogP contribution in [0, 0.1) is 11.3 Å². The highest BCUT2D eigenvalue weighted by Crippen LogP contribution is 2.32. The Morgan fingerprint density at radius 1 is 1.08 bits per heavy atom. The maximum absolute atomic E-state index is 5.86. The van der Waals surface area contributed by atoms with E-state index in [1.54, 1.807) is 7.11 Å². The van der Waals surface area contributed by atoms with Crippen molar-refractivity contribution in [2.45, 2.75) is 60.1 Å². The molecule has 1 saturated heterocycles. The van der Waals surface area contributed by atoms with E-state index in [4.69, 9.17) is 9.47 Å². The van der Waals surface area contributed by atoms with Crippen molar-refractivity contribution in [2.24, 2.45) is 11.3 Å². The zero-order valence-corrected chi connectivity index (χ0v) is 16.2. The van der Waals surface area contributed by atoms with Crippen molar-refractivity contribution in [1.29, 1.82) is 0 Å². The molecule has 0 aliphatic carbocycles. The van der Waals surface area contributed by atoms with Crippen molar-refractivity contribution >= 4 is 5.95 Å². The lowest BCUT2D eigenvalue weighted by Crippen LogP contribution is -2.39. The number of hydrogen-bond acceptors (Lipinski definition) is 5. The summed E-state index contributed by atoms with van der Waals surface area (Å²) >= 11 is 0. The van der Waals surface area contributed by atoms with Gasteiger partial charge in [0.1, 0.15) is 6.10 Å². The van der Waals surface area contributed by atoms with Gasteiger partial charge in [0.2, 0.25) is 5.95 Å². The third-order valence-corrected chi connectivity index (χ3v) is 4.73. The second kappa shape index (κ2) is 8.30. The molecule has 0 N–H and O–H groups in total. The molecule has 6 heteroatoms. The summed E-state index contributed by atoms with van der Waals surface area (Å²) in [5.41, 5.74) is 0.429. The van der Waals surface area contributed by atoms with Gasteiger partial charge in [-0.1, -0.05) is 27.7 Å². The van der Waals surface area contributed by atoms with Crippen LogP contribution in [0.2, 0.25) is 0 Å². The van der Waals surface area contributed by atoms with Gasteiger partial charge in [0.15, 0.2) is 5.82 Å². The largest absolute Gasteiger partial charge is 0.382 e. The van der Waals surface area contributed by atoms with Crippen molar-refractivity contribution in [3.63, 3.8) is 0 Å². The Labute approximate surface area is 146 Å². The van der Waals surface area contributed by atoms with Gasteiger partial charge in [-0.3, -0.25) is 4.57 Å². The quantitative estimate of drug-likeness (QED) is 0.681. The first-order valence-corrected chi connectivity index (χ1v) is 9.12. The minimum absolute atomic E-state index is 0.0821. The van der Waals surface area contributed by atoms with Crippen molar-refractivity contribution in [3.05, 3.63) is 5.82 Å². The zero-order chi connectivity index (χ0) is 17.7. The molecule has 138 valence electrons. The molecule has 1 aromatic rings. The molecule has 0 spiro atoms. The van der Waals surface area contributed by atoms with E-state index in [2.05, 4.69) is 47.4 Å². The zero-order valence-electron chi connectivity index (χ0n) is 16.2. The molecule has 0 saturated carbocycles. The SMILES string of the molecule is COCCOC(C)c1nnc(N2CCC(C)(C)CC2)n1CC(C)C. The summed E-state index contributed by atoms with van der Waals surface area (Å²) < 4.78 is 13.2. The number of methoxy groups -OCH3 is 1. The van der Waals surface area contributed by atoms with E-state index in [1.807, 2.05) is 6.92 Å². The molecule has 0 bridgehead atoms. The number of hydrogen-bond donors (Lipinski definition) is 0. The Morgan fingerprint density at radius 3 is 2.33 bits per heavy atom. The van der Waals surface area contributed by atoms with Crippen LogP contribution in [0.1, 0.15) is 59.4 Å². The molecule has 6 nitrogen and oxygen atoms in total. The van der Waals surface area contributed by atoms with E-state index < -0.39 is 0 Å². The summed E-state index contributed by atoms with van der Waals surface area (Å²) in [5.74, 6) is 2.45. The lowest BCUT2D eigenvalue weighted by Gasteiger charge is -2.37. The lowest BCUT2D eigenvalue weighted by atomic mass is 9.83. The second-order valence-corrected chi connectivity index (χ2v) is 8.02. The van der Waals surface area contributed by atoms with Crippen LogP contribution < -0.4 is 4.90 Å². The van der Waals surface area contributed by atoms with Gasteiger partial charge in [0.05, 0.1) is 13.2 Å². The van der Waals surface area contributed by atoms with E-state index in [0.29, 0.717) is 24.5 Å². The van der Waals surface area contributed by atoms with E-state index in [9.17, 15) is 0 Å². The number of ether oxygens (including phenoxy) is 2. The van der Waals surface area contributed by atoms with Gasteiger partial charge in [-0.2, -0.15) is 0 Å². The summed E-state index contributed by atoms with van der Waals surface area (Å²) in [6.07, 6.45) is 2.30. The molecule has 2 heterocycles. The molecule has 1 fully saturated rings. The van der Waals surface area contributed by atoms with Crippen molar-refractivity contribution in [3.8, 4) is 0 Å². The third-order valence-electron chi connectivity index (χ3n) is 4.73. The highest BCUT2D eigenvalue weighted by molar-refractivity contribution is 5.32. The average molecular weight is 338 g/mol. The summed E-state index contributed by atoms with van der Waals surface area (Å²) in [6, 6.07) is 0. The summed E-state index contributed by atoms with van der Waals surface area (Å²) in [5, 5.41) is 8.98. The van der Waals surface area contributed by atoms with Crippen LogP contribution in [0.3, 0.4) is 0 Å². The molecule has 1 aliphatic rings. The standard InChI is InChI=1S/C18H34N4O2/c1-14(2)13-22-16(15(3)24-12-11-23-6)19-20-17(22)21-9-7-18(4,5)8-10-21/h14-15H,7-13H2,1-6H3. The molecule has 1 atom stereocenters. The monoisotopic (exact) mass is 338 g/mol. The second-order valence-electron chi connectivity index (χ2n) is 8.02. The van der Waals surface area contributed by atoms with Crippen LogP contribution in [0.5, 0.6) is 0 Å². The number of rotatable bonds is 8. The molecule has 0 amide bonds. The average Bonchev–Trinajstić information content (AvgIpc) is 2.90. The van der Waals surface area contributed by atoms with Crippen LogP contribution in [0.4, 0.5) is 5.95 Å². The van der Waals surface area contributed by atoms with Crippen LogP contribution in [-0.2, 0) is 16.0 Å². The third kappa shape index (κ3) is 4.93. The summed E-state index contributed by atoms with van der Waals surface area (Å²) in [6.45, 7) is 15.4. The van der Waals surface area contributed by atoms with Gasteiger partial charge < -0.3 is 14.4 Å². The fourth-order valence-electron chi connectivity index (χ4n) is 3.08. The van der Waals surface area contributed by atoms with Gasteiger partial charge in [0.25, 0.3) is 0 Å². The highest BCUT2D eigenvalue weighted by atomic mass is 16.5.